The summed E-state index contributed by atoms with van der Waals surface area (Å²) in [5, 5.41) is 11.6. The molecule has 0 saturated carbocycles. The van der Waals surface area contributed by atoms with E-state index in [9.17, 15) is 5.11 Å². The van der Waals surface area contributed by atoms with Crippen LogP contribution in [0.15, 0.2) is 66.7 Å². The van der Waals surface area contributed by atoms with Gasteiger partial charge in [-0.3, -0.25) is 4.90 Å². The first-order valence-corrected chi connectivity index (χ1v) is 11.3. The molecule has 2 atom stereocenters. The number of aliphatic hydroxyl groups is 1. The smallest absolute Gasteiger partial charge is 0.160 e. The highest BCUT2D eigenvalue weighted by Crippen LogP contribution is 2.29. The Balaban J connectivity index is 1.81. The van der Waals surface area contributed by atoms with E-state index in [1.165, 1.54) is 0 Å². The number of rotatable bonds is 11. The quantitative estimate of drug-likeness (QED) is 0.400. The van der Waals surface area contributed by atoms with Crippen LogP contribution in [-0.2, 0) is 13.0 Å². The number of aliphatic hydroxyl groups excluding tert-OH is 1. The van der Waals surface area contributed by atoms with E-state index in [-0.39, 0.29) is 6.04 Å². The van der Waals surface area contributed by atoms with Crippen LogP contribution in [0.3, 0.4) is 0 Å². The summed E-state index contributed by atoms with van der Waals surface area (Å²) < 4.78 is 16.1. The van der Waals surface area contributed by atoms with Crippen molar-refractivity contribution in [1.82, 2.24) is 4.90 Å². The van der Waals surface area contributed by atoms with Crippen LogP contribution in [0.25, 0.3) is 0 Å². The van der Waals surface area contributed by atoms with Gasteiger partial charge in [0.15, 0.2) is 11.5 Å². The van der Waals surface area contributed by atoms with Gasteiger partial charge >= 0.3 is 0 Å². The molecular formula is C27H32ClNO4. The molecule has 0 amide bonds. The van der Waals surface area contributed by atoms with Gasteiger partial charge in [-0.05, 0) is 66.4 Å². The summed E-state index contributed by atoms with van der Waals surface area (Å²) in [4.78, 5) is 2.28. The Bertz CT molecular complexity index is 1020. The molecule has 0 saturated heterocycles. The molecule has 0 aliphatic carbocycles. The molecule has 176 valence electrons. The third-order valence-electron chi connectivity index (χ3n) is 5.79. The van der Waals surface area contributed by atoms with E-state index in [2.05, 4.69) is 30.0 Å². The highest BCUT2D eigenvalue weighted by atomic mass is 35.5. The molecule has 0 radical (unpaired) electrons. The van der Waals surface area contributed by atoms with Crippen molar-refractivity contribution in [3.05, 3.63) is 88.4 Å². The van der Waals surface area contributed by atoms with Crippen molar-refractivity contribution in [2.45, 2.75) is 32.0 Å². The topological polar surface area (TPSA) is 51.2 Å². The second-order valence-corrected chi connectivity index (χ2v) is 8.53. The Hall–Kier alpha value is -2.73. The van der Waals surface area contributed by atoms with E-state index in [0.717, 1.165) is 28.9 Å². The lowest BCUT2D eigenvalue weighted by Gasteiger charge is -2.31. The van der Waals surface area contributed by atoms with Crippen LogP contribution in [0.1, 0.15) is 29.7 Å². The highest BCUT2D eigenvalue weighted by Gasteiger charge is 2.20. The minimum Gasteiger partial charge on any atom is -0.497 e. The molecule has 3 aromatic carbocycles. The second-order valence-electron chi connectivity index (χ2n) is 8.09. The molecule has 0 aliphatic rings. The molecule has 0 bridgehead atoms. The van der Waals surface area contributed by atoms with Crippen LogP contribution in [0.2, 0.25) is 5.02 Å². The highest BCUT2D eigenvalue weighted by molar-refractivity contribution is 6.30. The minimum absolute atomic E-state index is 0.152. The van der Waals surface area contributed by atoms with E-state index in [1.807, 2.05) is 48.5 Å². The zero-order valence-electron chi connectivity index (χ0n) is 19.6. The lowest BCUT2D eigenvalue weighted by molar-refractivity contribution is 0.0859. The third-order valence-corrected chi connectivity index (χ3v) is 6.02. The summed E-state index contributed by atoms with van der Waals surface area (Å²) in [7, 11) is 4.93. The Morgan fingerprint density at radius 3 is 2.18 bits per heavy atom. The number of benzene rings is 3. The number of hydrogen-bond acceptors (Lipinski definition) is 5. The van der Waals surface area contributed by atoms with Gasteiger partial charge in [0, 0.05) is 24.2 Å². The third kappa shape index (κ3) is 6.87. The van der Waals surface area contributed by atoms with Crippen LogP contribution in [-0.4, -0.2) is 43.9 Å². The lowest BCUT2D eigenvalue weighted by Crippen LogP contribution is -2.37. The van der Waals surface area contributed by atoms with Crippen molar-refractivity contribution in [3.63, 3.8) is 0 Å². The van der Waals surface area contributed by atoms with Gasteiger partial charge in [0.05, 0.1) is 27.4 Å². The Morgan fingerprint density at radius 2 is 1.55 bits per heavy atom. The molecule has 0 spiro atoms. The monoisotopic (exact) mass is 469 g/mol. The summed E-state index contributed by atoms with van der Waals surface area (Å²) >= 11 is 6.15. The Labute approximate surface area is 201 Å². The first-order chi connectivity index (χ1) is 15.9. The summed E-state index contributed by atoms with van der Waals surface area (Å²) in [6.45, 7) is 3.34. The van der Waals surface area contributed by atoms with Crippen molar-refractivity contribution >= 4 is 11.6 Å². The molecule has 0 aliphatic heterocycles. The van der Waals surface area contributed by atoms with Crippen molar-refractivity contribution in [1.29, 1.82) is 0 Å². The first-order valence-electron chi connectivity index (χ1n) is 10.9. The Morgan fingerprint density at radius 1 is 0.848 bits per heavy atom. The van der Waals surface area contributed by atoms with Crippen molar-refractivity contribution in [2.24, 2.45) is 0 Å². The zero-order valence-corrected chi connectivity index (χ0v) is 20.4. The molecule has 1 unspecified atom stereocenters. The largest absolute Gasteiger partial charge is 0.497 e. The molecule has 33 heavy (non-hydrogen) atoms. The summed E-state index contributed by atoms with van der Waals surface area (Å²) in [6, 6.07) is 21.6. The molecule has 1 N–H and O–H groups in total. The minimum atomic E-state index is -0.658. The lowest BCUT2D eigenvalue weighted by atomic mass is 10.0. The SMILES string of the molecule is COc1ccc(CN(CC(O)c2cccc(Cl)c2)[C@H](C)Cc2ccc(OC)c(OC)c2)cc1. The maximum atomic E-state index is 11.0. The predicted octanol–water partition coefficient (Wildman–Crippen LogP) is 5.53. The molecule has 6 heteroatoms. The van der Waals surface area contributed by atoms with Gasteiger partial charge in [0.25, 0.3) is 0 Å². The van der Waals surface area contributed by atoms with Gasteiger partial charge < -0.3 is 19.3 Å². The van der Waals surface area contributed by atoms with E-state index in [4.69, 9.17) is 25.8 Å². The first kappa shape index (κ1) is 24.9. The molecule has 3 aromatic rings. The van der Waals surface area contributed by atoms with Gasteiger partial charge in [0.1, 0.15) is 5.75 Å². The average molecular weight is 470 g/mol. The van der Waals surface area contributed by atoms with Gasteiger partial charge in [-0.25, -0.2) is 0 Å². The molecule has 0 aromatic heterocycles. The predicted molar refractivity (Wildman–Crippen MR) is 133 cm³/mol. The Kier molecular flexibility index (Phi) is 9.01. The molecular weight excluding hydrogens is 438 g/mol. The molecule has 0 heterocycles. The fourth-order valence-corrected chi connectivity index (χ4v) is 4.08. The van der Waals surface area contributed by atoms with Crippen LogP contribution in [0.4, 0.5) is 0 Å². The van der Waals surface area contributed by atoms with Gasteiger partial charge in [-0.15, -0.1) is 0 Å². The zero-order chi connectivity index (χ0) is 23.8. The molecule has 3 rings (SSSR count). The number of halogens is 1. The number of nitrogens with zero attached hydrogens (tertiary/aromatic N) is 1. The van der Waals surface area contributed by atoms with E-state index in [0.29, 0.717) is 29.6 Å². The molecule has 5 nitrogen and oxygen atoms in total. The van der Waals surface area contributed by atoms with Crippen molar-refractivity contribution in [2.75, 3.05) is 27.9 Å². The van der Waals surface area contributed by atoms with E-state index < -0.39 is 6.10 Å². The van der Waals surface area contributed by atoms with Crippen LogP contribution >= 0.6 is 11.6 Å². The van der Waals surface area contributed by atoms with Crippen LogP contribution in [0, 0.1) is 0 Å². The van der Waals surface area contributed by atoms with Crippen LogP contribution < -0.4 is 14.2 Å². The molecule has 0 fully saturated rings. The average Bonchev–Trinajstić information content (AvgIpc) is 2.83. The van der Waals surface area contributed by atoms with E-state index >= 15 is 0 Å². The fourth-order valence-electron chi connectivity index (χ4n) is 3.89. The van der Waals surface area contributed by atoms with Gasteiger partial charge in [-0.1, -0.05) is 41.9 Å². The number of methoxy groups -OCH3 is 3. The van der Waals surface area contributed by atoms with E-state index in [1.54, 1.807) is 21.3 Å². The summed E-state index contributed by atoms with van der Waals surface area (Å²) in [6.07, 6.45) is 0.133. The van der Waals surface area contributed by atoms with Gasteiger partial charge in [-0.2, -0.15) is 0 Å². The normalized spacial score (nSPS) is 12.9. The summed E-state index contributed by atoms with van der Waals surface area (Å²) in [5.41, 5.74) is 3.09. The fraction of sp³-hybridized carbons (Fsp3) is 0.333. The van der Waals surface area contributed by atoms with Crippen molar-refractivity contribution < 1.29 is 19.3 Å². The number of hydrogen-bond donors (Lipinski definition) is 1. The second kappa shape index (κ2) is 11.9. The maximum absolute atomic E-state index is 11.0. The summed E-state index contributed by atoms with van der Waals surface area (Å²) in [5.74, 6) is 2.24. The van der Waals surface area contributed by atoms with Crippen LogP contribution in [0.5, 0.6) is 17.2 Å². The standard InChI is InChI=1S/C27H32ClNO4/c1-19(14-21-10-13-26(32-3)27(15-21)33-4)29(17-20-8-11-24(31-2)12-9-20)18-25(30)22-6-5-7-23(28)16-22/h5-13,15-16,19,25,30H,14,17-18H2,1-4H3/t19-,25?/m1/s1. The van der Waals surface area contributed by atoms with Crippen molar-refractivity contribution in [3.8, 4) is 17.2 Å². The maximum Gasteiger partial charge on any atom is 0.160 e. The number of ether oxygens (including phenoxy) is 3. The van der Waals surface area contributed by atoms with Gasteiger partial charge in [0.2, 0.25) is 0 Å².